The molecule has 29 heavy (non-hydrogen) atoms. The van der Waals surface area contributed by atoms with Crippen LogP contribution in [0.2, 0.25) is 0 Å². The highest BCUT2D eigenvalue weighted by Gasteiger charge is 2.06. The van der Waals surface area contributed by atoms with E-state index in [0.29, 0.717) is 12.1 Å². The van der Waals surface area contributed by atoms with Crippen LogP contribution in [0.15, 0.2) is 66.7 Å². The molecule has 0 atom stereocenters. The number of nitrogens with one attached hydrogen (secondary N) is 2. The average molecular weight is 385 g/mol. The predicted molar refractivity (Wildman–Crippen MR) is 116 cm³/mol. The molecule has 0 radical (unpaired) electrons. The van der Waals surface area contributed by atoms with Crippen LogP contribution in [0.3, 0.4) is 0 Å². The molecule has 2 N–H and O–H groups in total. The van der Waals surface area contributed by atoms with Crippen LogP contribution in [0.25, 0.3) is 10.8 Å². The zero-order valence-electron chi connectivity index (χ0n) is 16.5. The molecule has 0 spiro atoms. The quantitative estimate of drug-likeness (QED) is 0.677. The zero-order chi connectivity index (χ0) is 20.6. The van der Waals surface area contributed by atoms with Gasteiger partial charge in [-0.2, -0.15) is 0 Å². The Morgan fingerprint density at radius 1 is 0.897 bits per heavy atom. The highest BCUT2D eigenvalue weighted by Crippen LogP contribution is 2.18. The Balaban J connectivity index is 1.49. The van der Waals surface area contributed by atoms with Crippen LogP contribution in [0.5, 0.6) is 0 Å². The molecule has 3 rings (SSSR count). The second-order valence-corrected chi connectivity index (χ2v) is 6.75. The molecule has 0 aromatic heterocycles. The summed E-state index contributed by atoms with van der Waals surface area (Å²) in [5, 5.41) is 7.87. The molecule has 3 aromatic carbocycles. The molecule has 0 aliphatic rings. The summed E-state index contributed by atoms with van der Waals surface area (Å²) in [5.41, 5.74) is 2.47. The second kappa shape index (κ2) is 9.43. The van der Waals surface area contributed by atoms with Gasteiger partial charge in [0.1, 0.15) is 0 Å². The van der Waals surface area contributed by atoms with E-state index >= 15 is 0 Å². The summed E-state index contributed by atoms with van der Waals surface area (Å²) in [5.74, 6) is 5.84. The van der Waals surface area contributed by atoms with Crippen molar-refractivity contribution >= 4 is 22.7 Å². The zero-order valence-corrected chi connectivity index (χ0v) is 16.5. The van der Waals surface area contributed by atoms with E-state index < -0.39 is 0 Å². The SMILES string of the molecule is CN(C)C(=O)c1ccc(C#CCNC(=O)NCc2cccc3ccccc23)cc1. The molecule has 0 bridgehead atoms. The number of urea groups is 1. The van der Waals surface area contributed by atoms with Crippen molar-refractivity contribution in [1.29, 1.82) is 0 Å². The molecule has 0 unspecified atom stereocenters. The maximum absolute atomic E-state index is 12.0. The van der Waals surface area contributed by atoms with Crippen LogP contribution >= 0.6 is 0 Å². The van der Waals surface area contributed by atoms with Gasteiger partial charge in [0.15, 0.2) is 0 Å². The van der Waals surface area contributed by atoms with Crippen molar-refractivity contribution in [3.63, 3.8) is 0 Å². The monoisotopic (exact) mass is 385 g/mol. The number of carbonyl (C=O) groups excluding carboxylic acids is 2. The van der Waals surface area contributed by atoms with Crippen molar-refractivity contribution in [2.45, 2.75) is 6.54 Å². The Morgan fingerprint density at radius 3 is 2.38 bits per heavy atom. The van der Waals surface area contributed by atoms with Gasteiger partial charge < -0.3 is 15.5 Å². The maximum Gasteiger partial charge on any atom is 0.315 e. The van der Waals surface area contributed by atoms with E-state index in [1.165, 1.54) is 4.90 Å². The Bertz CT molecular complexity index is 1070. The van der Waals surface area contributed by atoms with E-state index in [1.54, 1.807) is 38.4 Å². The third kappa shape index (κ3) is 5.36. The van der Waals surface area contributed by atoms with E-state index in [9.17, 15) is 9.59 Å². The second-order valence-electron chi connectivity index (χ2n) is 6.75. The van der Waals surface area contributed by atoms with Crippen molar-refractivity contribution in [1.82, 2.24) is 15.5 Å². The van der Waals surface area contributed by atoms with Crippen LogP contribution in [0.4, 0.5) is 4.79 Å². The molecule has 3 amide bonds. The van der Waals surface area contributed by atoms with Gasteiger partial charge in [-0.25, -0.2) is 4.79 Å². The van der Waals surface area contributed by atoms with Crippen molar-refractivity contribution in [2.75, 3.05) is 20.6 Å². The molecular formula is C24H23N3O2. The molecule has 0 heterocycles. The summed E-state index contributed by atoms with van der Waals surface area (Å²) in [7, 11) is 3.43. The van der Waals surface area contributed by atoms with Gasteiger partial charge in [-0.05, 0) is 40.6 Å². The number of benzene rings is 3. The number of nitrogens with zero attached hydrogens (tertiary/aromatic N) is 1. The van der Waals surface area contributed by atoms with E-state index in [2.05, 4.69) is 34.6 Å². The van der Waals surface area contributed by atoms with Crippen LogP contribution in [-0.4, -0.2) is 37.5 Å². The summed E-state index contributed by atoms with van der Waals surface area (Å²) in [6, 6.07) is 21.0. The number of rotatable bonds is 4. The Labute approximate surface area is 170 Å². The topological polar surface area (TPSA) is 61.4 Å². The smallest absolute Gasteiger partial charge is 0.315 e. The Morgan fingerprint density at radius 2 is 1.62 bits per heavy atom. The molecule has 0 saturated heterocycles. The number of hydrogen-bond acceptors (Lipinski definition) is 2. The molecule has 0 aliphatic heterocycles. The van der Waals surface area contributed by atoms with Gasteiger partial charge in [-0.3, -0.25) is 4.79 Å². The summed E-state index contributed by atoms with van der Waals surface area (Å²) in [6.07, 6.45) is 0. The van der Waals surface area contributed by atoms with E-state index in [4.69, 9.17) is 0 Å². The van der Waals surface area contributed by atoms with Crippen LogP contribution < -0.4 is 10.6 Å². The van der Waals surface area contributed by atoms with Gasteiger partial charge in [0, 0.05) is 31.8 Å². The number of carbonyl (C=O) groups is 2. The van der Waals surface area contributed by atoms with E-state index in [-0.39, 0.29) is 18.5 Å². The van der Waals surface area contributed by atoms with E-state index in [0.717, 1.165) is 21.9 Å². The fourth-order valence-corrected chi connectivity index (χ4v) is 2.91. The van der Waals surface area contributed by atoms with Gasteiger partial charge >= 0.3 is 6.03 Å². The molecule has 0 saturated carbocycles. The minimum Gasteiger partial charge on any atom is -0.345 e. The molecule has 0 fully saturated rings. The first-order chi connectivity index (χ1) is 14.0. The van der Waals surface area contributed by atoms with Crippen molar-refractivity contribution < 1.29 is 9.59 Å². The standard InChI is InChI=1S/C24H23N3O2/c1-27(2)23(28)20-14-12-18(13-15-20)7-6-16-25-24(29)26-17-21-10-5-9-19-8-3-4-11-22(19)21/h3-5,8-15H,16-17H2,1-2H3,(H2,25,26,29). The molecule has 0 aliphatic carbocycles. The molecule has 146 valence electrons. The van der Waals surface area contributed by atoms with Gasteiger partial charge in [-0.1, -0.05) is 54.3 Å². The minimum absolute atomic E-state index is 0.0472. The van der Waals surface area contributed by atoms with Gasteiger partial charge in [0.2, 0.25) is 0 Å². The first-order valence-corrected chi connectivity index (χ1v) is 9.33. The number of amides is 3. The lowest BCUT2D eigenvalue weighted by Gasteiger charge is -2.09. The first kappa shape index (κ1) is 20.0. The van der Waals surface area contributed by atoms with Gasteiger partial charge in [0.05, 0.1) is 6.54 Å². The first-order valence-electron chi connectivity index (χ1n) is 9.33. The Hall–Kier alpha value is -3.78. The molecule has 3 aromatic rings. The van der Waals surface area contributed by atoms with Crippen LogP contribution in [0.1, 0.15) is 21.5 Å². The van der Waals surface area contributed by atoms with Crippen LogP contribution in [-0.2, 0) is 6.54 Å². The lowest BCUT2D eigenvalue weighted by atomic mass is 10.0. The largest absolute Gasteiger partial charge is 0.345 e. The highest BCUT2D eigenvalue weighted by molar-refractivity contribution is 5.94. The van der Waals surface area contributed by atoms with Crippen molar-refractivity contribution in [3.05, 3.63) is 83.4 Å². The normalized spacial score (nSPS) is 10.0. The van der Waals surface area contributed by atoms with Crippen molar-refractivity contribution in [2.24, 2.45) is 0 Å². The lowest BCUT2D eigenvalue weighted by Crippen LogP contribution is -2.35. The average Bonchev–Trinajstić information content (AvgIpc) is 2.75. The Kier molecular flexibility index (Phi) is 6.49. The molecule has 5 heteroatoms. The fraction of sp³-hybridized carbons (Fsp3) is 0.167. The lowest BCUT2D eigenvalue weighted by molar-refractivity contribution is 0.0827. The molecule has 5 nitrogen and oxygen atoms in total. The van der Waals surface area contributed by atoms with Gasteiger partial charge in [-0.15, -0.1) is 0 Å². The predicted octanol–water partition coefficient (Wildman–Crippen LogP) is 3.39. The number of hydrogen-bond donors (Lipinski definition) is 2. The third-order valence-electron chi connectivity index (χ3n) is 4.43. The summed E-state index contributed by atoms with van der Waals surface area (Å²) in [4.78, 5) is 25.4. The van der Waals surface area contributed by atoms with Crippen LogP contribution in [0, 0.1) is 11.8 Å². The fourth-order valence-electron chi connectivity index (χ4n) is 2.91. The van der Waals surface area contributed by atoms with Gasteiger partial charge in [0.25, 0.3) is 5.91 Å². The van der Waals surface area contributed by atoms with E-state index in [1.807, 2.05) is 30.3 Å². The molecular weight excluding hydrogens is 362 g/mol. The summed E-state index contributed by atoms with van der Waals surface area (Å²) >= 11 is 0. The highest BCUT2D eigenvalue weighted by atomic mass is 16.2. The minimum atomic E-state index is -0.265. The number of fused-ring (bicyclic) bond motifs is 1. The third-order valence-corrected chi connectivity index (χ3v) is 4.43. The van der Waals surface area contributed by atoms with Crippen molar-refractivity contribution in [3.8, 4) is 11.8 Å². The summed E-state index contributed by atoms with van der Waals surface area (Å²) < 4.78 is 0. The summed E-state index contributed by atoms with van der Waals surface area (Å²) in [6.45, 7) is 0.682. The maximum atomic E-state index is 12.0.